The van der Waals surface area contributed by atoms with E-state index < -0.39 is 22.7 Å². The Labute approximate surface area is 155 Å². The highest BCUT2D eigenvalue weighted by Crippen LogP contribution is 2.55. The summed E-state index contributed by atoms with van der Waals surface area (Å²) in [7, 11) is 0. The first-order valence-electron chi connectivity index (χ1n) is 9.08. The molecule has 6 nitrogen and oxygen atoms in total. The first-order valence-corrected chi connectivity index (χ1v) is 9.08. The van der Waals surface area contributed by atoms with Gasteiger partial charge in [-0.3, -0.25) is 0 Å². The molecule has 3 rings (SSSR count). The van der Waals surface area contributed by atoms with Crippen molar-refractivity contribution in [3.05, 3.63) is 51.1 Å². The van der Waals surface area contributed by atoms with E-state index in [-0.39, 0.29) is 18.8 Å². The molecule has 2 atom stereocenters. The molecule has 27 heavy (non-hydrogen) atoms. The molecule has 1 aromatic rings. The minimum absolute atomic E-state index is 0.0552. The molecule has 1 N–H and O–H groups in total. The Hall–Kier alpha value is -2.22. The lowest BCUT2D eigenvalue weighted by Gasteiger charge is -2.47. The van der Waals surface area contributed by atoms with Crippen molar-refractivity contribution in [3.8, 4) is 5.75 Å². The monoisotopic (exact) mass is 383 g/mol. The molecule has 0 spiro atoms. The quantitative estimate of drug-likeness (QED) is 0.331. The molecule has 0 amide bonds. The summed E-state index contributed by atoms with van der Waals surface area (Å²) in [4.78, 5) is 14.3. The van der Waals surface area contributed by atoms with Crippen molar-refractivity contribution < 1.29 is 28.5 Å². The minimum Gasteiger partial charge on any atom is -0.430 e. The average molecular weight is 383 g/mol. The zero-order chi connectivity index (χ0) is 19.7. The third kappa shape index (κ3) is 3.90. The number of fused-ring (bicyclic) bond motifs is 3. The van der Waals surface area contributed by atoms with Crippen molar-refractivity contribution in [2.24, 2.45) is 0 Å². The Kier molecular flexibility index (Phi) is 5.37. The number of aliphatic hydroxyl groups is 1. The molecule has 8 heteroatoms. The van der Waals surface area contributed by atoms with Crippen LogP contribution in [-0.4, -0.2) is 28.5 Å². The summed E-state index contributed by atoms with van der Waals surface area (Å²) in [5.74, 6) is -0.576. The first kappa shape index (κ1) is 19.5. The molecule has 0 fully saturated rings. The maximum atomic E-state index is 14.5. The van der Waals surface area contributed by atoms with Gasteiger partial charge >= 0.3 is 6.11 Å². The Balaban J connectivity index is 1.69. The number of alkyl halides is 2. The van der Waals surface area contributed by atoms with Gasteiger partial charge in [-0.15, -0.1) is 10.1 Å². The van der Waals surface area contributed by atoms with Gasteiger partial charge in [0.1, 0.15) is 5.75 Å². The Morgan fingerprint density at radius 3 is 2.89 bits per heavy atom. The van der Waals surface area contributed by atoms with Crippen LogP contribution < -0.4 is 4.74 Å². The molecule has 1 aliphatic carbocycles. The molecule has 148 valence electrons. The molecular formula is C19H23F2NO5. The fourth-order valence-electron chi connectivity index (χ4n) is 3.82. The third-order valence-electron chi connectivity index (χ3n) is 5.37. The lowest BCUT2D eigenvalue weighted by atomic mass is 9.70. The van der Waals surface area contributed by atoms with Crippen LogP contribution in [0.2, 0.25) is 0 Å². The molecule has 0 saturated carbocycles. The van der Waals surface area contributed by atoms with E-state index in [1.165, 1.54) is 0 Å². The third-order valence-corrected chi connectivity index (χ3v) is 5.37. The zero-order valence-electron chi connectivity index (χ0n) is 15.1. The largest absolute Gasteiger partial charge is 0.430 e. The molecule has 0 saturated heterocycles. The van der Waals surface area contributed by atoms with Gasteiger partial charge in [0.05, 0.1) is 6.61 Å². The van der Waals surface area contributed by atoms with Gasteiger partial charge < -0.3 is 14.7 Å². The molecule has 0 aromatic heterocycles. The summed E-state index contributed by atoms with van der Waals surface area (Å²) in [6.45, 7) is 1.93. The number of allylic oxidation sites excluding steroid dienone is 1. The van der Waals surface area contributed by atoms with Crippen molar-refractivity contribution in [2.45, 2.75) is 63.1 Å². The summed E-state index contributed by atoms with van der Waals surface area (Å²) < 4.78 is 34.0. The number of hydrogen-bond donors (Lipinski definition) is 1. The van der Waals surface area contributed by atoms with E-state index in [1.54, 1.807) is 18.2 Å². The molecule has 1 aromatic carbocycles. The fourth-order valence-corrected chi connectivity index (χ4v) is 3.82. The molecule has 0 bridgehead atoms. The van der Waals surface area contributed by atoms with Gasteiger partial charge in [-0.1, -0.05) is 30.2 Å². The van der Waals surface area contributed by atoms with E-state index in [0.717, 1.165) is 24.0 Å². The van der Waals surface area contributed by atoms with E-state index in [1.807, 2.05) is 13.0 Å². The van der Waals surface area contributed by atoms with Crippen LogP contribution in [0, 0.1) is 10.1 Å². The second-order valence-electron chi connectivity index (χ2n) is 7.29. The van der Waals surface area contributed by atoms with Gasteiger partial charge in [-0.2, -0.15) is 8.78 Å². The predicted octanol–water partition coefficient (Wildman–Crippen LogP) is 4.15. The highest BCUT2D eigenvalue weighted by molar-refractivity contribution is 5.46. The number of hydrogen-bond acceptors (Lipinski definition) is 5. The summed E-state index contributed by atoms with van der Waals surface area (Å²) in [6, 6.07) is 5.25. The van der Waals surface area contributed by atoms with E-state index in [9.17, 15) is 24.0 Å². The van der Waals surface area contributed by atoms with Crippen molar-refractivity contribution in [2.75, 3.05) is 6.61 Å². The van der Waals surface area contributed by atoms with Crippen LogP contribution in [0.15, 0.2) is 29.8 Å². The van der Waals surface area contributed by atoms with Crippen LogP contribution in [0.1, 0.15) is 56.1 Å². The van der Waals surface area contributed by atoms with E-state index in [2.05, 4.69) is 4.84 Å². The molecule has 0 radical (unpaired) electrons. The molecule has 2 aliphatic rings. The van der Waals surface area contributed by atoms with Crippen LogP contribution in [0.4, 0.5) is 8.78 Å². The molecule has 1 aliphatic heterocycles. The van der Waals surface area contributed by atoms with Gasteiger partial charge in [-0.25, -0.2) is 0 Å². The number of rotatable bonds is 7. The first-order chi connectivity index (χ1) is 12.7. The van der Waals surface area contributed by atoms with Crippen molar-refractivity contribution in [1.82, 2.24) is 0 Å². The smallest absolute Gasteiger partial charge is 0.428 e. The van der Waals surface area contributed by atoms with Crippen LogP contribution in [-0.2, 0) is 11.3 Å². The number of benzene rings is 1. The average Bonchev–Trinajstić information content (AvgIpc) is 2.59. The van der Waals surface area contributed by atoms with Gasteiger partial charge in [0.25, 0.3) is 5.09 Å². The molecule has 1 heterocycles. The van der Waals surface area contributed by atoms with Crippen LogP contribution in [0.3, 0.4) is 0 Å². The highest BCUT2D eigenvalue weighted by atomic mass is 19.3. The van der Waals surface area contributed by atoms with E-state index >= 15 is 0 Å². The molecular weight excluding hydrogens is 360 g/mol. The molecule has 0 unspecified atom stereocenters. The standard InChI is InChI=1S/C19H23F2NO5/c1-13-8-9-18(23)16(11-13)15-7-6-14(12-17(15)27-19(18,20)21)5-3-2-4-10-26-22(24)25/h6-8,12,16,23H,2-5,9-11H2,1H3/t16-,18-/m1/s1. The number of nitrogens with zero attached hydrogens (tertiary/aromatic N) is 1. The summed E-state index contributed by atoms with van der Waals surface area (Å²) in [6.07, 6.45) is 0.924. The summed E-state index contributed by atoms with van der Waals surface area (Å²) >= 11 is 0. The number of halogens is 2. The number of unbranched alkanes of at least 4 members (excludes halogenated alkanes) is 2. The number of ether oxygens (including phenoxy) is 1. The second kappa shape index (κ2) is 7.42. The minimum atomic E-state index is -3.65. The lowest BCUT2D eigenvalue weighted by Crippen LogP contribution is -2.59. The van der Waals surface area contributed by atoms with Crippen molar-refractivity contribution >= 4 is 0 Å². The summed E-state index contributed by atoms with van der Waals surface area (Å²) in [5, 5.41) is 19.9. The summed E-state index contributed by atoms with van der Waals surface area (Å²) in [5.41, 5.74) is 0.222. The predicted molar refractivity (Wildman–Crippen MR) is 93.2 cm³/mol. The zero-order valence-corrected chi connectivity index (χ0v) is 15.1. The lowest BCUT2D eigenvalue weighted by molar-refractivity contribution is -0.757. The van der Waals surface area contributed by atoms with Crippen LogP contribution in [0.25, 0.3) is 0 Å². The van der Waals surface area contributed by atoms with E-state index in [4.69, 9.17) is 4.74 Å². The SMILES string of the molecule is CC1=CC[C@@]2(O)[C@H](C1)c1ccc(CCCCCO[N+](=O)[O-])cc1OC2(F)F. The van der Waals surface area contributed by atoms with Gasteiger partial charge in [0.15, 0.2) is 5.60 Å². The maximum Gasteiger partial charge on any atom is 0.428 e. The Bertz CT molecular complexity index is 752. The Morgan fingerprint density at radius 1 is 1.37 bits per heavy atom. The van der Waals surface area contributed by atoms with Crippen LogP contribution in [0.5, 0.6) is 5.75 Å². The Morgan fingerprint density at radius 2 is 2.15 bits per heavy atom. The maximum absolute atomic E-state index is 14.5. The fraction of sp³-hybridized carbons (Fsp3) is 0.579. The van der Waals surface area contributed by atoms with Crippen molar-refractivity contribution in [3.63, 3.8) is 0 Å². The van der Waals surface area contributed by atoms with Gasteiger partial charge in [-0.05, 0) is 44.2 Å². The topological polar surface area (TPSA) is 81.8 Å². The van der Waals surface area contributed by atoms with Crippen molar-refractivity contribution in [1.29, 1.82) is 0 Å². The van der Waals surface area contributed by atoms with Crippen LogP contribution >= 0.6 is 0 Å². The second-order valence-corrected chi connectivity index (χ2v) is 7.29. The van der Waals surface area contributed by atoms with Gasteiger partial charge in [0.2, 0.25) is 0 Å². The van der Waals surface area contributed by atoms with E-state index in [0.29, 0.717) is 24.8 Å². The number of aryl methyl sites for hydroxylation is 1. The normalized spacial score (nSPS) is 25.6. The highest BCUT2D eigenvalue weighted by Gasteiger charge is 2.63. The van der Waals surface area contributed by atoms with Gasteiger partial charge in [0, 0.05) is 17.9 Å².